The number of hydrogen-bond donors (Lipinski definition) is 1. The lowest BCUT2D eigenvalue weighted by Crippen LogP contribution is -2.26. The molecule has 0 aliphatic rings. The van der Waals surface area contributed by atoms with Gasteiger partial charge in [-0.1, -0.05) is 12.1 Å². The van der Waals surface area contributed by atoms with Crippen molar-refractivity contribution in [3.05, 3.63) is 89.6 Å². The number of benzene rings is 1. The second-order valence-corrected chi connectivity index (χ2v) is 6.03. The number of rotatable bonds is 5. The van der Waals surface area contributed by atoms with Crippen molar-refractivity contribution in [2.75, 3.05) is 0 Å². The first-order valence-corrected chi connectivity index (χ1v) is 8.30. The normalized spacial score (nSPS) is 11.0. The molecule has 3 aromatic heterocycles. The Kier molecular flexibility index (Phi) is 4.42. The lowest BCUT2D eigenvalue weighted by atomic mass is 10.2. The zero-order valence-corrected chi connectivity index (χ0v) is 14.2. The highest BCUT2D eigenvalue weighted by molar-refractivity contribution is 5.97. The summed E-state index contributed by atoms with van der Waals surface area (Å²) in [5, 5.41) is 2.80. The van der Waals surface area contributed by atoms with Crippen molar-refractivity contribution < 1.29 is 18.0 Å². The first kappa shape index (κ1) is 17.0. The molecular formula is C20H15F2N3O2. The first-order chi connectivity index (χ1) is 13.1. The Morgan fingerprint density at radius 2 is 2.04 bits per heavy atom. The predicted molar refractivity (Wildman–Crippen MR) is 95.1 cm³/mol. The smallest absolute Gasteiger partial charge is 0.268 e. The van der Waals surface area contributed by atoms with E-state index in [1.54, 1.807) is 35.0 Å². The Morgan fingerprint density at radius 1 is 1.15 bits per heavy atom. The number of fused-ring (bicyclic) bond motifs is 1. The van der Waals surface area contributed by atoms with Crippen LogP contribution in [0.2, 0.25) is 0 Å². The maximum absolute atomic E-state index is 14.1. The molecule has 7 heteroatoms. The molecule has 1 aromatic carbocycles. The fraction of sp³-hybridized carbons (Fsp3) is 0.100. The van der Waals surface area contributed by atoms with E-state index in [4.69, 9.17) is 4.42 Å². The second kappa shape index (κ2) is 7.03. The van der Waals surface area contributed by atoms with Gasteiger partial charge in [-0.3, -0.25) is 9.78 Å². The third-order valence-electron chi connectivity index (χ3n) is 4.26. The van der Waals surface area contributed by atoms with Gasteiger partial charge >= 0.3 is 0 Å². The Labute approximate surface area is 153 Å². The quantitative estimate of drug-likeness (QED) is 0.582. The standard InChI is InChI=1S/C20H15F2N3O2/c21-14-5-4-13(16(22)9-14)12-25-17-6-8-27-19(17)10-18(25)20(26)24-11-15-3-1-2-7-23-15/h1-10H,11-12H2,(H,24,26). The van der Waals surface area contributed by atoms with Crippen LogP contribution in [0.25, 0.3) is 11.1 Å². The van der Waals surface area contributed by atoms with Crippen molar-refractivity contribution in [3.8, 4) is 0 Å². The number of amides is 1. The van der Waals surface area contributed by atoms with Crippen LogP contribution >= 0.6 is 0 Å². The summed E-state index contributed by atoms with van der Waals surface area (Å²) >= 11 is 0. The van der Waals surface area contributed by atoms with Crippen molar-refractivity contribution in [1.82, 2.24) is 14.9 Å². The van der Waals surface area contributed by atoms with Gasteiger partial charge in [-0.2, -0.15) is 0 Å². The minimum absolute atomic E-state index is 0.0709. The molecule has 4 rings (SSSR count). The van der Waals surface area contributed by atoms with Crippen LogP contribution in [0.5, 0.6) is 0 Å². The number of nitrogens with zero attached hydrogens (tertiary/aromatic N) is 2. The van der Waals surface area contributed by atoms with E-state index >= 15 is 0 Å². The topological polar surface area (TPSA) is 60.1 Å². The number of aromatic nitrogens is 2. The van der Waals surface area contributed by atoms with Crippen LogP contribution in [0.3, 0.4) is 0 Å². The fourth-order valence-corrected chi connectivity index (χ4v) is 2.92. The summed E-state index contributed by atoms with van der Waals surface area (Å²) in [5.41, 5.74) is 2.48. The highest BCUT2D eigenvalue weighted by Gasteiger charge is 2.19. The Balaban J connectivity index is 1.63. The average molecular weight is 367 g/mol. The van der Waals surface area contributed by atoms with Gasteiger partial charge in [0.2, 0.25) is 0 Å². The Bertz CT molecular complexity index is 1100. The highest BCUT2D eigenvalue weighted by atomic mass is 19.1. The van der Waals surface area contributed by atoms with Crippen LogP contribution in [-0.2, 0) is 13.1 Å². The van der Waals surface area contributed by atoms with Crippen molar-refractivity contribution >= 4 is 17.0 Å². The predicted octanol–water partition coefficient (Wildman–Crippen LogP) is 3.89. The SMILES string of the molecule is O=C(NCc1ccccn1)c1cc2occc2n1Cc1ccc(F)cc1F. The number of hydrogen-bond acceptors (Lipinski definition) is 3. The molecule has 0 spiro atoms. The molecule has 1 amide bonds. The Morgan fingerprint density at radius 3 is 2.81 bits per heavy atom. The summed E-state index contributed by atoms with van der Waals surface area (Å²) in [4.78, 5) is 16.8. The minimum atomic E-state index is -0.666. The van der Waals surface area contributed by atoms with Crippen LogP contribution in [0.15, 0.2) is 65.4 Å². The molecule has 27 heavy (non-hydrogen) atoms. The zero-order valence-electron chi connectivity index (χ0n) is 14.2. The number of pyridine rings is 1. The molecule has 136 valence electrons. The molecule has 0 saturated heterocycles. The number of nitrogens with one attached hydrogen (secondary N) is 1. The van der Waals surface area contributed by atoms with Crippen LogP contribution in [0, 0.1) is 11.6 Å². The van der Waals surface area contributed by atoms with Gasteiger partial charge in [0.15, 0.2) is 5.58 Å². The molecule has 0 aliphatic carbocycles. The van der Waals surface area contributed by atoms with Crippen LogP contribution in [-0.4, -0.2) is 15.5 Å². The van der Waals surface area contributed by atoms with Gasteiger partial charge in [-0.15, -0.1) is 0 Å². The van der Waals surface area contributed by atoms with Gasteiger partial charge in [-0.25, -0.2) is 8.78 Å². The van der Waals surface area contributed by atoms with Crippen molar-refractivity contribution in [1.29, 1.82) is 0 Å². The maximum Gasteiger partial charge on any atom is 0.268 e. The lowest BCUT2D eigenvalue weighted by molar-refractivity contribution is 0.0942. The van der Waals surface area contributed by atoms with Crippen molar-refractivity contribution in [2.24, 2.45) is 0 Å². The molecule has 0 unspecified atom stereocenters. The van der Waals surface area contributed by atoms with E-state index < -0.39 is 11.6 Å². The molecule has 5 nitrogen and oxygen atoms in total. The van der Waals surface area contributed by atoms with E-state index in [1.165, 1.54) is 18.4 Å². The fourth-order valence-electron chi connectivity index (χ4n) is 2.92. The van der Waals surface area contributed by atoms with Crippen LogP contribution < -0.4 is 5.32 Å². The molecular weight excluding hydrogens is 352 g/mol. The maximum atomic E-state index is 14.1. The largest absolute Gasteiger partial charge is 0.463 e. The molecule has 0 saturated carbocycles. The van der Waals surface area contributed by atoms with Gasteiger partial charge in [0.05, 0.1) is 30.6 Å². The monoisotopic (exact) mass is 367 g/mol. The van der Waals surface area contributed by atoms with E-state index in [0.717, 1.165) is 11.8 Å². The Hall–Kier alpha value is -3.48. The summed E-state index contributed by atoms with van der Waals surface area (Å²) in [6.07, 6.45) is 3.15. The van der Waals surface area contributed by atoms with E-state index in [-0.39, 0.29) is 24.6 Å². The number of carbonyl (C=O) groups is 1. The third-order valence-corrected chi connectivity index (χ3v) is 4.26. The molecule has 0 fully saturated rings. The lowest BCUT2D eigenvalue weighted by Gasteiger charge is -2.11. The van der Waals surface area contributed by atoms with E-state index in [2.05, 4.69) is 10.3 Å². The highest BCUT2D eigenvalue weighted by Crippen LogP contribution is 2.23. The van der Waals surface area contributed by atoms with E-state index in [9.17, 15) is 13.6 Å². The number of furan rings is 1. The summed E-state index contributed by atoms with van der Waals surface area (Å²) in [6.45, 7) is 0.332. The molecule has 0 atom stereocenters. The average Bonchev–Trinajstić information content (AvgIpc) is 3.25. The molecule has 4 aromatic rings. The van der Waals surface area contributed by atoms with Crippen LogP contribution in [0.4, 0.5) is 8.78 Å². The first-order valence-electron chi connectivity index (χ1n) is 8.30. The molecule has 3 heterocycles. The van der Waals surface area contributed by atoms with E-state index in [0.29, 0.717) is 16.8 Å². The minimum Gasteiger partial charge on any atom is -0.463 e. The van der Waals surface area contributed by atoms with Gasteiger partial charge < -0.3 is 14.3 Å². The second-order valence-electron chi connectivity index (χ2n) is 6.03. The molecule has 1 N–H and O–H groups in total. The van der Waals surface area contributed by atoms with Gasteiger partial charge in [0, 0.05) is 30.0 Å². The third kappa shape index (κ3) is 3.44. The molecule has 0 bridgehead atoms. The molecule has 0 aliphatic heterocycles. The van der Waals surface area contributed by atoms with Crippen LogP contribution in [0.1, 0.15) is 21.7 Å². The summed E-state index contributed by atoms with van der Waals surface area (Å²) in [7, 11) is 0. The van der Waals surface area contributed by atoms with Gasteiger partial charge in [0.25, 0.3) is 5.91 Å². The van der Waals surface area contributed by atoms with Crippen molar-refractivity contribution in [3.63, 3.8) is 0 Å². The van der Waals surface area contributed by atoms with E-state index in [1.807, 2.05) is 6.07 Å². The summed E-state index contributed by atoms with van der Waals surface area (Å²) in [6, 6.07) is 12.1. The summed E-state index contributed by atoms with van der Waals surface area (Å²) < 4.78 is 34.3. The van der Waals surface area contributed by atoms with Gasteiger partial charge in [-0.05, 0) is 18.2 Å². The number of carbonyl (C=O) groups excluding carboxylic acids is 1. The van der Waals surface area contributed by atoms with Crippen molar-refractivity contribution in [2.45, 2.75) is 13.1 Å². The molecule has 0 radical (unpaired) electrons. The summed E-state index contributed by atoms with van der Waals surface area (Å²) in [5.74, 6) is -1.65. The number of halogens is 2. The van der Waals surface area contributed by atoms with Gasteiger partial charge in [0.1, 0.15) is 17.3 Å². The zero-order chi connectivity index (χ0) is 18.8.